The van der Waals surface area contributed by atoms with E-state index in [2.05, 4.69) is 28.3 Å². The summed E-state index contributed by atoms with van der Waals surface area (Å²) in [6.07, 6.45) is 10.2. The highest BCUT2D eigenvalue weighted by Crippen LogP contribution is 2.25. The topological polar surface area (TPSA) is 45.2 Å². The summed E-state index contributed by atoms with van der Waals surface area (Å²) in [6, 6.07) is 12.4. The second-order valence-electron chi connectivity index (χ2n) is 6.88. The Bertz CT molecular complexity index is 744. The van der Waals surface area contributed by atoms with Gasteiger partial charge in [0.05, 0.1) is 5.56 Å². The van der Waals surface area contributed by atoms with Crippen molar-refractivity contribution in [2.45, 2.75) is 49.7 Å². The highest BCUT2D eigenvalue weighted by atomic mass is 32.2. The van der Waals surface area contributed by atoms with Crippen molar-refractivity contribution in [3.63, 3.8) is 0 Å². The van der Waals surface area contributed by atoms with Gasteiger partial charge in [-0.3, -0.25) is 9.69 Å². The van der Waals surface area contributed by atoms with Gasteiger partial charge in [0.2, 0.25) is 0 Å². The van der Waals surface area contributed by atoms with Crippen LogP contribution in [-0.4, -0.2) is 35.1 Å². The minimum absolute atomic E-state index is 0.102. The summed E-state index contributed by atoms with van der Waals surface area (Å²) in [5.41, 5.74) is 2.66. The molecule has 0 spiro atoms. The summed E-state index contributed by atoms with van der Waals surface area (Å²) in [5, 5.41) is 3.84. The molecule has 5 heteroatoms. The summed E-state index contributed by atoms with van der Waals surface area (Å²) in [4.78, 5) is 19.5. The minimum atomic E-state index is -0.102. The van der Waals surface area contributed by atoms with Crippen LogP contribution >= 0.6 is 11.8 Å². The lowest BCUT2D eigenvalue weighted by Gasteiger charge is -2.31. The number of carbonyl (C=O) groups is 1. The zero-order valence-electron chi connectivity index (χ0n) is 15.6. The van der Waals surface area contributed by atoms with Gasteiger partial charge < -0.3 is 5.32 Å². The quantitative estimate of drug-likeness (QED) is 0.742. The molecule has 2 aromatic rings. The number of para-hydroxylation sites is 1. The van der Waals surface area contributed by atoms with E-state index in [0.717, 1.165) is 22.8 Å². The minimum Gasteiger partial charge on any atom is -0.322 e. The average molecular weight is 370 g/mol. The Labute approximate surface area is 160 Å². The number of nitrogens with one attached hydrogen (secondary N) is 1. The Morgan fingerprint density at radius 2 is 1.96 bits per heavy atom. The number of carbonyl (C=O) groups excluding carboxylic acids is 1. The molecule has 26 heavy (non-hydrogen) atoms. The van der Waals surface area contributed by atoms with Crippen molar-refractivity contribution in [1.29, 1.82) is 0 Å². The first kappa shape index (κ1) is 18.9. The average Bonchev–Trinajstić information content (AvgIpc) is 2.70. The van der Waals surface area contributed by atoms with Crippen molar-refractivity contribution >= 4 is 23.4 Å². The van der Waals surface area contributed by atoms with Crippen LogP contribution < -0.4 is 5.32 Å². The number of nitrogens with zero attached hydrogens (tertiary/aromatic N) is 2. The van der Waals surface area contributed by atoms with Crippen LogP contribution in [0.1, 0.15) is 48.0 Å². The first-order valence-electron chi connectivity index (χ1n) is 9.27. The number of rotatable bonds is 6. The third-order valence-corrected chi connectivity index (χ3v) is 5.80. The number of benzene rings is 1. The lowest BCUT2D eigenvalue weighted by atomic mass is 9.94. The number of amides is 1. The van der Waals surface area contributed by atoms with Gasteiger partial charge >= 0.3 is 0 Å². The van der Waals surface area contributed by atoms with Crippen LogP contribution in [0, 0.1) is 0 Å². The van der Waals surface area contributed by atoms with Crippen LogP contribution in [0.3, 0.4) is 0 Å². The molecule has 1 aromatic heterocycles. The van der Waals surface area contributed by atoms with Crippen molar-refractivity contribution in [3.05, 3.63) is 53.7 Å². The maximum Gasteiger partial charge on any atom is 0.258 e. The van der Waals surface area contributed by atoms with Crippen molar-refractivity contribution in [1.82, 2.24) is 9.88 Å². The van der Waals surface area contributed by atoms with E-state index in [-0.39, 0.29) is 5.91 Å². The van der Waals surface area contributed by atoms with E-state index in [9.17, 15) is 4.79 Å². The summed E-state index contributed by atoms with van der Waals surface area (Å²) < 4.78 is 0. The monoisotopic (exact) mass is 369 g/mol. The lowest BCUT2D eigenvalue weighted by molar-refractivity contribution is 0.102. The van der Waals surface area contributed by atoms with Gasteiger partial charge in [-0.2, -0.15) is 0 Å². The van der Waals surface area contributed by atoms with Gasteiger partial charge in [-0.1, -0.05) is 37.5 Å². The van der Waals surface area contributed by atoms with Crippen LogP contribution in [0.4, 0.5) is 5.69 Å². The standard InChI is InChI=1S/C21H27N3OS/c1-24(17-10-4-3-5-11-17)15-16-9-6-7-13-19(16)23-20(25)18-12-8-14-22-21(18)26-2/h6-9,12-14,17H,3-5,10-11,15H2,1-2H3,(H,23,25). The Kier molecular flexibility index (Phi) is 6.69. The second kappa shape index (κ2) is 9.19. The molecule has 1 amide bonds. The van der Waals surface area contributed by atoms with Gasteiger partial charge in [0.25, 0.3) is 5.91 Å². The van der Waals surface area contributed by atoms with Crippen LogP contribution in [0.15, 0.2) is 47.6 Å². The number of hydrogen-bond donors (Lipinski definition) is 1. The van der Waals surface area contributed by atoms with Crippen molar-refractivity contribution in [2.24, 2.45) is 0 Å². The van der Waals surface area contributed by atoms with Crippen LogP contribution in [-0.2, 0) is 6.54 Å². The first-order valence-corrected chi connectivity index (χ1v) is 10.5. The maximum atomic E-state index is 12.8. The fraction of sp³-hybridized carbons (Fsp3) is 0.429. The van der Waals surface area contributed by atoms with Crippen LogP contribution in [0.5, 0.6) is 0 Å². The van der Waals surface area contributed by atoms with Crippen LogP contribution in [0.2, 0.25) is 0 Å². The van der Waals surface area contributed by atoms with E-state index >= 15 is 0 Å². The Balaban J connectivity index is 1.73. The van der Waals surface area contributed by atoms with Gasteiger partial charge in [-0.05, 0) is 49.9 Å². The molecular weight excluding hydrogens is 342 g/mol. The van der Waals surface area contributed by atoms with Gasteiger partial charge in [0.1, 0.15) is 5.03 Å². The third-order valence-electron chi connectivity index (χ3n) is 5.09. The lowest BCUT2D eigenvalue weighted by Crippen LogP contribution is -2.33. The molecule has 0 atom stereocenters. The molecule has 138 valence electrons. The van der Waals surface area contributed by atoms with E-state index in [4.69, 9.17) is 0 Å². The zero-order chi connectivity index (χ0) is 18.4. The molecular formula is C21H27N3OS. The van der Waals surface area contributed by atoms with E-state index in [1.54, 1.807) is 12.3 Å². The highest BCUT2D eigenvalue weighted by molar-refractivity contribution is 7.98. The summed E-state index contributed by atoms with van der Waals surface area (Å²) in [7, 11) is 2.20. The van der Waals surface area contributed by atoms with E-state index in [0.29, 0.717) is 11.6 Å². The number of thioether (sulfide) groups is 1. The van der Waals surface area contributed by atoms with E-state index in [1.165, 1.54) is 43.9 Å². The molecule has 0 radical (unpaired) electrons. The molecule has 1 saturated carbocycles. The molecule has 0 unspecified atom stereocenters. The highest BCUT2D eigenvalue weighted by Gasteiger charge is 2.19. The molecule has 1 aliphatic rings. The van der Waals surface area contributed by atoms with E-state index in [1.807, 2.05) is 30.5 Å². The molecule has 0 saturated heterocycles. The maximum absolute atomic E-state index is 12.8. The molecule has 1 aliphatic carbocycles. The second-order valence-corrected chi connectivity index (χ2v) is 7.67. The predicted molar refractivity (Wildman–Crippen MR) is 109 cm³/mol. The summed E-state index contributed by atoms with van der Waals surface area (Å²) >= 11 is 1.49. The van der Waals surface area contributed by atoms with Gasteiger partial charge in [0.15, 0.2) is 0 Å². The van der Waals surface area contributed by atoms with Crippen molar-refractivity contribution in [3.8, 4) is 0 Å². The molecule has 0 aliphatic heterocycles. The molecule has 1 aromatic carbocycles. The molecule has 0 bridgehead atoms. The predicted octanol–water partition coefficient (Wildman–Crippen LogP) is 4.82. The van der Waals surface area contributed by atoms with Crippen molar-refractivity contribution < 1.29 is 4.79 Å². The van der Waals surface area contributed by atoms with Gasteiger partial charge in [-0.25, -0.2) is 4.98 Å². The summed E-state index contributed by atoms with van der Waals surface area (Å²) in [6.45, 7) is 0.851. The number of aromatic nitrogens is 1. The zero-order valence-corrected chi connectivity index (χ0v) is 16.4. The SMILES string of the molecule is CSc1ncccc1C(=O)Nc1ccccc1CN(C)C1CCCCC1. The first-order chi connectivity index (χ1) is 12.7. The molecule has 1 heterocycles. The normalized spacial score (nSPS) is 15.2. The van der Waals surface area contributed by atoms with Crippen LogP contribution in [0.25, 0.3) is 0 Å². The molecule has 1 fully saturated rings. The van der Waals surface area contributed by atoms with Crippen molar-refractivity contribution in [2.75, 3.05) is 18.6 Å². The Morgan fingerprint density at radius 3 is 2.73 bits per heavy atom. The number of anilines is 1. The summed E-state index contributed by atoms with van der Waals surface area (Å²) in [5.74, 6) is -0.102. The third kappa shape index (κ3) is 4.65. The molecule has 4 nitrogen and oxygen atoms in total. The van der Waals surface area contributed by atoms with Gasteiger partial charge in [0, 0.05) is 24.5 Å². The molecule has 1 N–H and O–H groups in total. The Hall–Kier alpha value is -1.85. The number of pyridine rings is 1. The van der Waals surface area contributed by atoms with E-state index < -0.39 is 0 Å². The number of hydrogen-bond acceptors (Lipinski definition) is 4. The fourth-order valence-electron chi connectivity index (χ4n) is 3.62. The Morgan fingerprint density at radius 1 is 1.19 bits per heavy atom. The molecule has 3 rings (SSSR count). The largest absolute Gasteiger partial charge is 0.322 e. The van der Waals surface area contributed by atoms with Gasteiger partial charge in [-0.15, -0.1) is 11.8 Å². The smallest absolute Gasteiger partial charge is 0.258 e. The fourth-order valence-corrected chi connectivity index (χ4v) is 4.16.